The van der Waals surface area contributed by atoms with E-state index < -0.39 is 5.97 Å². The van der Waals surface area contributed by atoms with Crippen LogP contribution in [0.15, 0.2) is 23.8 Å². The van der Waals surface area contributed by atoms with Gasteiger partial charge in [0.1, 0.15) is 0 Å². The maximum absolute atomic E-state index is 11.1. The van der Waals surface area contributed by atoms with E-state index in [0.717, 1.165) is 28.9 Å². The van der Waals surface area contributed by atoms with Crippen LogP contribution in [0.4, 0.5) is 0 Å². The molecule has 0 aromatic carbocycles. The second-order valence-electron chi connectivity index (χ2n) is 6.87. The molecular formula is C16H22O2. The Bertz CT molecular complexity index is 395. The summed E-state index contributed by atoms with van der Waals surface area (Å²) in [5.74, 6) is 1.71. The minimum atomic E-state index is -0.816. The van der Waals surface area contributed by atoms with Gasteiger partial charge in [-0.15, -0.1) is 0 Å². The second-order valence-corrected chi connectivity index (χ2v) is 6.87. The zero-order valence-corrected chi connectivity index (χ0v) is 11.1. The van der Waals surface area contributed by atoms with Gasteiger partial charge in [0.15, 0.2) is 0 Å². The van der Waals surface area contributed by atoms with Gasteiger partial charge in [0.2, 0.25) is 0 Å². The second kappa shape index (κ2) is 3.97. The van der Waals surface area contributed by atoms with Gasteiger partial charge in [0, 0.05) is 6.08 Å². The molecule has 1 N–H and O–H groups in total. The third-order valence-corrected chi connectivity index (χ3v) is 5.34. The molecule has 4 rings (SSSR count). The van der Waals surface area contributed by atoms with E-state index in [1.165, 1.54) is 44.6 Å². The Morgan fingerprint density at radius 2 is 1.61 bits per heavy atom. The fourth-order valence-corrected chi connectivity index (χ4v) is 5.29. The number of hydrogen-bond acceptors (Lipinski definition) is 1. The van der Waals surface area contributed by atoms with Crippen LogP contribution in [0.3, 0.4) is 0 Å². The SMILES string of the molecule is C=C(C)/C(=C/C(=O)O)C12CC3CC(CC(C3)C1)C2. The molecule has 0 aromatic heterocycles. The standard InChI is InChI=1S/C16H22O2/c1-10(2)14(6-15(17)18)16-7-11-3-12(8-16)5-13(4-11)9-16/h6,11-13H,1,3-5,7-9H2,2H3,(H,17,18)/b14-6-. The van der Waals surface area contributed by atoms with Gasteiger partial charge in [-0.05, 0) is 74.2 Å². The maximum Gasteiger partial charge on any atom is 0.328 e. The number of aliphatic carboxylic acids is 1. The lowest BCUT2D eigenvalue weighted by Gasteiger charge is -2.57. The van der Waals surface area contributed by atoms with E-state index in [9.17, 15) is 4.79 Å². The van der Waals surface area contributed by atoms with Gasteiger partial charge in [-0.1, -0.05) is 12.2 Å². The van der Waals surface area contributed by atoms with Crippen LogP contribution < -0.4 is 0 Å². The Morgan fingerprint density at radius 1 is 1.17 bits per heavy atom. The van der Waals surface area contributed by atoms with Crippen LogP contribution in [0, 0.1) is 23.2 Å². The Morgan fingerprint density at radius 3 is 1.94 bits per heavy atom. The molecule has 0 heterocycles. The van der Waals surface area contributed by atoms with Gasteiger partial charge in [-0.25, -0.2) is 4.79 Å². The number of carboxylic acid groups (broad SMARTS) is 1. The van der Waals surface area contributed by atoms with Crippen molar-refractivity contribution in [2.45, 2.75) is 45.4 Å². The largest absolute Gasteiger partial charge is 0.478 e. The monoisotopic (exact) mass is 246 g/mol. The van der Waals surface area contributed by atoms with E-state index in [2.05, 4.69) is 6.58 Å². The van der Waals surface area contributed by atoms with Gasteiger partial charge in [0.25, 0.3) is 0 Å². The topological polar surface area (TPSA) is 37.3 Å². The molecule has 2 heteroatoms. The van der Waals surface area contributed by atoms with Gasteiger partial charge >= 0.3 is 5.97 Å². The lowest BCUT2D eigenvalue weighted by molar-refractivity contribution is -0.131. The van der Waals surface area contributed by atoms with E-state index in [1.807, 2.05) is 6.92 Å². The smallest absolute Gasteiger partial charge is 0.328 e. The van der Waals surface area contributed by atoms with Gasteiger partial charge in [-0.3, -0.25) is 0 Å². The van der Waals surface area contributed by atoms with Crippen LogP contribution in [0.2, 0.25) is 0 Å². The fourth-order valence-electron chi connectivity index (χ4n) is 5.29. The van der Waals surface area contributed by atoms with Crippen molar-refractivity contribution < 1.29 is 9.90 Å². The Balaban J connectivity index is 1.98. The third-order valence-electron chi connectivity index (χ3n) is 5.34. The molecule has 0 radical (unpaired) electrons. The quantitative estimate of drug-likeness (QED) is 0.607. The molecule has 18 heavy (non-hydrogen) atoms. The number of carboxylic acids is 1. The Labute approximate surface area is 109 Å². The van der Waals surface area contributed by atoms with E-state index in [0.29, 0.717) is 0 Å². The lowest BCUT2D eigenvalue weighted by Crippen LogP contribution is -2.47. The molecule has 2 nitrogen and oxygen atoms in total. The molecule has 4 saturated carbocycles. The summed E-state index contributed by atoms with van der Waals surface area (Å²) in [7, 11) is 0. The molecular weight excluding hydrogens is 224 g/mol. The highest BCUT2D eigenvalue weighted by Crippen LogP contribution is 2.63. The van der Waals surface area contributed by atoms with Crippen LogP contribution in [-0.4, -0.2) is 11.1 Å². The first-order valence-corrected chi connectivity index (χ1v) is 7.09. The number of hydrogen-bond donors (Lipinski definition) is 1. The summed E-state index contributed by atoms with van der Waals surface area (Å²) < 4.78 is 0. The molecule has 4 aliphatic carbocycles. The van der Waals surface area contributed by atoms with Crippen molar-refractivity contribution in [3.63, 3.8) is 0 Å². The lowest BCUT2D eigenvalue weighted by atomic mass is 9.47. The van der Waals surface area contributed by atoms with E-state index in [1.54, 1.807) is 0 Å². The predicted molar refractivity (Wildman–Crippen MR) is 71.1 cm³/mol. The highest BCUT2D eigenvalue weighted by Gasteiger charge is 2.52. The number of carbonyl (C=O) groups is 1. The molecule has 0 amide bonds. The molecule has 4 aliphatic rings. The minimum Gasteiger partial charge on any atom is -0.478 e. The zero-order chi connectivity index (χ0) is 12.9. The van der Waals surface area contributed by atoms with Crippen LogP contribution in [-0.2, 0) is 4.79 Å². The molecule has 0 aromatic rings. The van der Waals surface area contributed by atoms with Crippen LogP contribution in [0.25, 0.3) is 0 Å². The Hall–Kier alpha value is -1.05. The Kier molecular flexibility index (Phi) is 2.65. The normalized spacial score (nSPS) is 42.1. The average Bonchev–Trinajstić information content (AvgIpc) is 2.23. The number of rotatable bonds is 3. The zero-order valence-electron chi connectivity index (χ0n) is 11.1. The summed E-state index contributed by atoms with van der Waals surface area (Å²) in [4.78, 5) is 11.1. The van der Waals surface area contributed by atoms with E-state index >= 15 is 0 Å². The van der Waals surface area contributed by atoms with E-state index in [4.69, 9.17) is 5.11 Å². The fraction of sp³-hybridized carbons (Fsp3) is 0.688. The molecule has 0 spiro atoms. The van der Waals surface area contributed by atoms with Crippen molar-refractivity contribution in [3.05, 3.63) is 23.8 Å². The summed E-state index contributed by atoms with van der Waals surface area (Å²) in [6.07, 6.45) is 9.19. The first-order chi connectivity index (χ1) is 8.48. The van der Waals surface area contributed by atoms with E-state index in [-0.39, 0.29) is 5.41 Å². The third kappa shape index (κ3) is 1.82. The minimum absolute atomic E-state index is 0.152. The molecule has 4 fully saturated rings. The summed E-state index contributed by atoms with van der Waals surface area (Å²) in [6, 6.07) is 0. The maximum atomic E-state index is 11.1. The van der Waals surface area contributed by atoms with Crippen molar-refractivity contribution in [2.24, 2.45) is 23.2 Å². The average molecular weight is 246 g/mol. The summed E-state index contributed by atoms with van der Waals surface area (Å²) in [5, 5.41) is 9.12. The molecule has 98 valence electrons. The summed E-state index contributed by atoms with van der Waals surface area (Å²) in [6.45, 7) is 6.00. The highest BCUT2D eigenvalue weighted by molar-refractivity contribution is 5.82. The van der Waals surface area contributed by atoms with Crippen LogP contribution >= 0.6 is 0 Å². The first-order valence-electron chi connectivity index (χ1n) is 7.09. The van der Waals surface area contributed by atoms with Crippen molar-refractivity contribution in [3.8, 4) is 0 Å². The van der Waals surface area contributed by atoms with Crippen molar-refractivity contribution >= 4 is 5.97 Å². The van der Waals surface area contributed by atoms with Gasteiger partial charge in [-0.2, -0.15) is 0 Å². The van der Waals surface area contributed by atoms with Crippen molar-refractivity contribution in [2.75, 3.05) is 0 Å². The van der Waals surface area contributed by atoms with Crippen molar-refractivity contribution in [1.29, 1.82) is 0 Å². The predicted octanol–water partition coefficient (Wildman–Crippen LogP) is 3.79. The van der Waals surface area contributed by atoms with Crippen molar-refractivity contribution in [1.82, 2.24) is 0 Å². The number of allylic oxidation sites excluding steroid dienone is 2. The van der Waals surface area contributed by atoms with Crippen LogP contribution in [0.5, 0.6) is 0 Å². The van der Waals surface area contributed by atoms with Crippen LogP contribution in [0.1, 0.15) is 45.4 Å². The first kappa shape index (κ1) is 12.0. The van der Waals surface area contributed by atoms with Gasteiger partial charge in [0.05, 0.1) is 0 Å². The summed E-state index contributed by atoms with van der Waals surface area (Å²) >= 11 is 0. The molecule has 0 aliphatic heterocycles. The summed E-state index contributed by atoms with van der Waals surface area (Å²) in [5.41, 5.74) is 2.15. The highest BCUT2D eigenvalue weighted by atomic mass is 16.4. The van der Waals surface area contributed by atoms with Gasteiger partial charge < -0.3 is 5.11 Å². The molecule has 0 unspecified atom stereocenters. The molecule has 0 atom stereocenters. The molecule has 0 saturated heterocycles. The molecule has 4 bridgehead atoms.